The number of benzene rings is 1. The number of morpholine rings is 1. The van der Waals surface area contributed by atoms with E-state index < -0.39 is 17.7 Å². The van der Waals surface area contributed by atoms with Gasteiger partial charge < -0.3 is 23.9 Å². The number of carbonyl (C=O) groups excluding carboxylic acids is 2. The quantitative estimate of drug-likeness (QED) is 0.431. The number of rotatable bonds is 6. The van der Waals surface area contributed by atoms with Crippen LogP contribution in [0.1, 0.15) is 23.1 Å². The molecule has 2 aliphatic rings. The van der Waals surface area contributed by atoms with Crippen molar-refractivity contribution in [3.63, 3.8) is 0 Å². The fourth-order valence-corrected chi connectivity index (χ4v) is 4.07. The van der Waals surface area contributed by atoms with Gasteiger partial charge in [0.1, 0.15) is 29.1 Å². The first-order valence-corrected chi connectivity index (χ1v) is 10.3. The van der Waals surface area contributed by atoms with Gasteiger partial charge in [0.05, 0.1) is 31.5 Å². The van der Waals surface area contributed by atoms with Gasteiger partial charge in [-0.3, -0.25) is 14.5 Å². The number of aryl methyl sites for hydroxylation is 1. The van der Waals surface area contributed by atoms with E-state index in [0.29, 0.717) is 49.1 Å². The third-order valence-corrected chi connectivity index (χ3v) is 5.69. The van der Waals surface area contributed by atoms with Crippen molar-refractivity contribution in [1.82, 2.24) is 9.80 Å². The summed E-state index contributed by atoms with van der Waals surface area (Å²) in [6.07, 6.45) is 0. The summed E-state index contributed by atoms with van der Waals surface area (Å²) in [5, 5.41) is 11.1. The van der Waals surface area contributed by atoms with Gasteiger partial charge in [0.15, 0.2) is 0 Å². The standard InChI is InChI=1S/C23H26N2O6/c1-15-7-8-18(31-15)20-19(21(26)16-5-3-4-6-17(16)29-2)22(27)23(28)25(20)10-9-24-11-13-30-14-12-24/h3-8,20,26H,9-14H2,1-2H3/b21-19+. The van der Waals surface area contributed by atoms with E-state index in [1.165, 1.54) is 12.0 Å². The summed E-state index contributed by atoms with van der Waals surface area (Å²) in [5.74, 6) is -0.146. The maximum absolute atomic E-state index is 13.0. The summed E-state index contributed by atoms with van der Waals surface area (Å²) in [5.41, 5.74) is 0.357. The van der Waals surface area contributed by atoms with Gasteiger partial charge in [-0.1, -0.05) is 12.1 Å². The van der Waals surface area contributed by atoms with Crippen LogP contribution in [0.3, 0.4) is 0 Å². The van der Waals surface area contributed by atoms with Crippen LogP contribution in [0, 0.1) is 6.92 Å². The van der Waals surface area contributed by atoms with Crippen LogP contribution < -0.4 is 4.74 Å². The largest absolute Gasteiger partial charge is 0.507 e. The maximum atomic E-state index is 13.0. The minimum absolute atomic E-state index is 0.00540. The molecule has 0 saturated carbocycles. The van der Waals surface area contributed by atoms with Gasteiger partial charge in [-0.2, -0.15) is 0 Å². The van der Waals surface area contributed by atoms with E-state index in [9.17, 15) is 14.7 Å². The van der Waals surface area contributed by atoms with Gasteiger partial charge in [0.2, 0.25) is 0 Å². The number of aliphatic hydroxyl groups excluding tert-OH is 1. The molecule has 2 aromatic rings. The zero-order chi connectivity index (χ0) is 22.0. The number of hydrogen-bond acceptors (Lipinski definition) is 7. The van der Waals surface area contributed by atoms with E-state index in [2.05, 4.69) is 4.90 Å². The Bertz CT molecular complexity index is 1010. The molecule has 0 spiro atoms. The zero-order valence-electron chi connectivity index (χ0n) is 17.7. The van der Waals surface area contributed by atoms with E-state index >= 15 is 0 Å². The van der Waals surface area contributed by atoms with E-state index in [1.807, 2.05) is 0 Å². The Morgan fingerprint density at radius 2 is 1.87 bits per heavy atom. The molecule has 164 valence electrons. The predicted molar refractivity (Wildman–Crippen MR) is 113 cm³/mol. The molecule has 2 aliphatic heterocycles. The van der Waals surface area contributed by atoms with Crippen LogP contribution in [-0.2, 0) is 14.3 Å². The second kappa shape index (κ2) is 8.95. The van der Waals surface area contributed by atoms with Crippen molar-refractivity contribution >= 4 is 17.4 Å². The minimum Gasteiger partial charge on any atom is -0.507 e. The Balaban J connectivity index is 1.74. The van der Waals surface area contributed by atoms with Crippen LogP contribution >= 0.6 is 0 Å². The van der Waals surface area contributed by atoms with Crippen LogP contribution in [0.15, 0.2) is 46.4 Å². The molecule has 8 nitrogen and oxygen atoms in total. The lowest BCUT2D eigenvalue weighted by Crippen LogP contribution is -2.42. The molecule has 0 bridgehead atoms. The molecule has 31 heavy (non-hydrogen) atoms. The summed E-state index contributed by atoms with van der Waals surface area (Å²) in [6, 6.07) is 9.56. The number of carbonyl (C=O) groups is 2. The number of nitrogens with zero attached hydrogens (tertiary/aromatic N) is 2. The Morgan fingerprint density at radius 3 is 2.55 bits per heavy atom. The Labute approximate surface area is 180 Å². The van der Waals surface area contributed by atoms with Gasteiger partial charge in [-0.05, 0) is 31.2 Å². The van der Waals surface area contributed by atoms with Crippen LogP contribution in [-0.4, -0.2) is 73.1 Å². The SMILES string of the molecule is COc1ccccc1/C(O)=C1\C(=O)C(=O)N(CCN2CCOCC2)C1c1ccc(C)o1. The van der Waals surface area contributed by atoms with Crippen LogP contribution in [0.25, 0.3) is 5.76 Å². The number of furan rings is 1. The summed E-state index contributed by atoms with van der Waals surface area (Å²) >= 11 is 0. The van der Waals surface area contributed by atoms with Crippen molar-refractivity contribution in [3.05, 3.63) is 59.1 Å². The topological polar surface area (TPSA) is 92.5 Å². The average Bonchev–Trinajstić information content (AvgIpc) is 3.33. The second-order valence-corrected chi connectivity index (χ2v) is 7.60. The van der Waals surface area contributed by atoms with Crippen molar-refractivity contribution < 1.29 is 28.6 Å². The summed E-state index contributed by atoms with van der Waals surface area (Å²) in [6.45, 7) is 5.56. The first-order chi connectivity index (χ1) is 15.0. The zero-order valence-corrected chi connectivity index (χ0v) is 17.7. The van der Waals surface area contributed by atoms with Gasteiger partial charge >= 0.3 is 0 Å². The molecule has 0 radical (unpaired) electrons. The van der Waals surface area contributed by atoms with Gasteiger partial charge in [0, 0.05) is 26.2 Å². The van der Waals surface area contributed by atoms with Crippen molar-refractivity contribution in [2.75, 3.05) is 46.5 Å². The number of ketones is 1. The van der Waals surface area contributed by atoms with Gasteiger partial charge in [-0.25, -0.2) is 0 Å². The van der Waals surface area contributed by atoms with Gasteiger partial charge in [0.25, 0.3) is 11.7 Å². The number of aliphatic hydroxyl groups is 1. The Kier molecular flexibility index (Phi) is 6.11. The van der Waals surface area contributed by atoms with Crippen molar-refractivity contribution in [1.29, 1.82) is 0 Å². The molecule has 1 aromatic heterocycles. The molecule has 1 unspecified atom stereocenters. The number of methoxy groups -OCH3 is 1. The molecule has 2 saturated heterocycles. The molecule has 1 N–H and O–H groups in total. The molecule has 4 rings (SSSR count). The number of hydrogen-bond donors (Lipinski definition) is 1. The molecule has 8 heteroatoms. The molecular weight excluding hydrogens is 400 g/mol. The normalized spacial score (nSPS) is 21.6. The minimum atomic E-state index is -0.806. The summed E-state index contributed by atoms with van der Waals surface area (Å²) in [7, 11) is 1.49. The average molecular weight is 426 g/mol. The third kappa shape index (κ3) is 4.08. The lowest BCUT2D eigenvalue weighted by molar-refractivity contribution is -0.140. The van der Waals surface area contributed by atoms with Crippen LogP contribution in [0.4, 0.5) is 0 Å². The van der Waals surface area contributed by atoms with Gasteiger partial charge in [-0.15, -0.1) is 0 Å². The number of para-hydroxylation sites is 1. The molecule has 1 amide bonds. The van der Waals surface area contributed by atoms with E-state index in [-0.39, 0.29) is 11.3 Å². The monoisotopic (exact) mass is 426 g/mol. The van der Waals surface area contributed by atoms with Crippen molar-refractivity contribution in [2.45, 2.75) is 13.0 Å². The number of ether oxygens (including phenoxy) is 2. The van der Waals surface area contributed by atoms with E-state index in [1.54, 1.807) is 43.3 Å². The first kappa shape index (κ1) is 21.1. The Hall–Kier alpha value is -3.10. The lowest BCUT2D eigenvalue weighted by atomic mass is 9.99. The molecular formula is C23H26N2O6. The fourth-order valence-electron chi connectivity index (χ4n) is 4.07. The highest BCUT2D eigenvalue weighted by Gasteiger charge is 2.47. The smallest absolute Gasteiger partial charge is 0.295 e. The summed E-state index contributed by atoms with van der Waals surface area (Å²) < 4.78 is 16.5. The predicted octanol–water partition coefficient (Wildman–Crippen LogP) is 2.35. The number of Topliss-reactive ketones (excluding diaryl/α,β-unsaturated/α-hetero) is 1. The summed E-state index contributed by atoms with van der Waals surface area (Å²) in [4.78, 5) is 29.7. The van der Waals surface area contributed by atoms with E-state index in [4.69, 9.17) is 13.9 Å². The first-order valence-electron chi connectivity index (χ1n) is 10.3. The molecule has 2 fully saturated rings. The number of likely N-dealkylation sites (tertiary alicyclic amines) is 1. The molecule has 1 atom stereocenters. The highest BCUT2D eigenvalue weighted by molar-refractivity contribution is 6.46. The highest BCUT2D eigenvalue weighted by Crippen LogP contribution is 2.41. The maximum Gasteiger partial charge on any atom is 0.295 e. The molecule has 3 heterocycles. The fraction of sp³-hybridized carbons (Fsp3) is 0.391. The van der Waals surface area contributed by atoms with Crippen molar-refractivity contribution in [2.24, 2.45) is 0 Å². The van der Waals surface area contributed by atoms with Crippen LogP contribution in [0.2, 0.25) is 0 Å². The third-order valence-electron chi connectivity index (χ3n) is 5.69. The highest BCUT2D eigenvalue weighted by atomic mass is 16.5. The van der Waals surface area contributed by atoms with Crippen molar-refractivity contribution in [3.8, 4) is 5.75 Å². The van der Waals surface area contributed by atoms with Crippen LogP contribution in [0.5, 0.6) is 5.75 Å². The molecule has 0 aliphatic carbocycles. The number of amides is 1. The Morgan fingerprint density at radius 1 is 1.13 bits per heavy atom. The van der Waals surface area contributed by atoms with E-state index in [0.717, 1.165) is 13.1 Å². The lowest BCUT2D eigenvalue weighted by Gasteiger charge is -2.30. The molecule has 1 aromatic carbocycles. The second-order valence-electron chi connectivity index (χ2n) is 7.60.